The molecule has 0 saturated carbocycles. The van der Waals surface area contributed by atoms with Crippen LogP contribution < -0.4 is 5.32 Å². The summed E-state index contributed by atoms with van der Waals surface area (Å²) in [6, 6.07) is 7.20. The van der Waals surface area contributed by atoms with E-state index in [1.165, 1.54) is 0 Å². The fourth-order valence-electron chi connectivity index (χ4n) is 3.58. The molecule has 1 atom stereocenters. The Morgan fingerprint density at radius 3 is 2.42 bits per heavy atom. The molecule has 1 amide bonds. The van der Waals surface area contributed by atoms with E-state index < -0.39 is 9.84 Å². The molecule has 0 aromatic heterocycles. The van der Waals surface area contributed by atoms with Crippen LogP contribution in [0.5, 0.6) is 0 Å². The van der Waals surface area contributed by atoms with Gasteiger partial charge in [-0.05, 0) is 24.1 Å². The number of nitrogens with zero attached hydrogens (tertiary/aromatic N) is 2. The summed E-state index contributed by atoms with van der Waals surface area (Å²) in [4.78, 5) is 17.3. The first-order chi connectivity index (χ1) is 12.0. The number of sulfone groups is 1. The topological polar surface area (TPSA) is 69.7 Å². The molecular weight excluding hydrogens is 374 g/mol. The molecule has 3 rings (SSSR count). The van der Waals surface area contributed by atoms with Crippen molar-refractivity contribution in [3.63, 3.8) is 0 Å². The normalized spacial score (nSPS) is 21.4. The Hall–Kier alpha value is -1.15. The van der Waals surface area contributed by atoms with Crippen LogP contribution in [0.2, 0.25) is 0 Å². The monoisotopic (exact) mass is 401 g/mol. The third-order valence-electron chi connectivity index (χ3n) is 5.20. The number of halogens is 1. The maximum atomic E-state index is 12.6. The molecule has 0 spiro atoms. The predicted octanol–water partition coefficient (Wildman–Crippen LogP) is 0.951. The number of rotatable bonds is 5. The Morgan fingerprint density at radius 1 is 1.15 bits per heavy atom. The van der Waals surface area contributed by atoms with E-state index in [1.54, 1.807) is 31.2 Å². The van der Waals surface area contributed by atoms with E-state index in [9.17, 15) is 13.2 Å². The molecule has 0 aliphatic carbocycles. The zero-order valence-corrected chi connectivity index (χ0v) is 16.8. The van der Waals surface area contributed by atoms with Crippen LogP contribution in [0.1, 0.15) is 18.9 Å². The molecule has 2 aliphatic heterocycles. The number of hydrogen-bond donors (Lipinski definition) is 1. The highest BCUT2D eigenvalue weighted by Crippen LogP contribution is 2.18. The Balaban J connectivity index is 0.00000243. The summed E-state index contributed by atoms with van der Waals surface area (Å²) in [6.45, 7) is 7.42. The van der Waals surface area contributed by atoms with E-state index in [1.807, 2.05) is 4.90 Å². The van der Waals surface area contributed by atoms with Gasteiger partial charge >= 0.3 is 0 Å². The average Bonchev–Trinajstić information content (AvgIpc) is 3.13. The van der Waals surface area contributed by atoms with Gasteiger partial charge in [-0.2, -0.15) is 0 Å². The van der Waals surface area contributed by atoms with Gasteiger partial charge in [0.2, 0.25) is 5.91 Å². The molecule has 8 heteroatoms. The minimum Gasteiger partial charge on any atom is -0.341 e. The van der Waals surface area contributed by atoms with E-state index in [-0.39, 0.29) is 24.1 Å². The number of carbonyl (C=O) groups is 1. The fourth-order valence-corrected chi connectivity index (χ4v) is 4.47. The van der Waals surface area contributed by atoms with Crippen molar-refractivity contribution in [3.05, 3.63) is 29.8 Å². The van der Waals surface area contributed by atoms with Crippen LogP contribution in [-0.4, -0.2) is 75.2 Å². The van der Waals surface area contributed by atoms with Crippen molar-refractivity contribution in [2.45, 2.75) is 30.7 Å². The van der Waals surface area contributed by atoms with Crippen LogP contribution in [0, 0.1) is 0 Å². The molecule has 146 valence electrons. The molecule has 0 radical (unpaired) electrons. The van der Waals surface area contributed by atoms with Crippen LogP contribution in [0.15, 0.2) is 29.2 Å². The molecule has 1 N–H and O–H groups in total. The molecule has 1 aromatic rings. The maximum Gasteiger partial charge on any atom is 0.227 e. The second-order valence-electron chi connectivity index (χ2n) is 6.79. The highest BCUT2D eigenvalue weighted by atomic mass is 35.5. The van der Waals surface area contributed by atoms with Gasteiger partial charge in [0.1, 0.15) is 0 Å². The summed E-state index contributed by atoms with van der Waals surface area (Å²) < 4.78 is 23.7. The van der Waals surface area contributed by atoms with Gasteiger partial charge in [0.25, 0.3) is 0 Å². The van der Waals surface area contributed by atoms with Crippen molar-refractivity contribution in [1.29, 1.82) is 0 Å². The lowest BCUT2D eigenvalue weighted by atomic mass is 10.1. The first-order valence-electron chi connectivity index (χ1n) is 9.04. The van der Waals surface area contributed by atoms with Crippen LogP contribution in [0.25, 0.3) is 0 Å². The van der Waals surface area contributed by atoms with E-state index in [2.05, 4.69) is 10.2 Å². The van der Waals surface area contributed by atoms with E-state index in [0.29, 0.717) is 17.4 Å². The summed E-state index contributed by atoms with van der Waals surface area (Å²) in [5.41, 5.74) is 0.866. The van der Waals surface area contributed by atoms with E-state index in [4.69, 9.17) is 0 Å². The molecule has 1 aromatic carbocycles. The summed E-state index contributed by atoms with van der Waals surface area (Å²) in [6.07, 6.45) is 1.38. The van der Waals surface area contributed by atoms with Crippen LogP contribution in [0.4, 0.5) is 0 Å². The molecule has 6 nitrogen and oxygen atoms in total. The maximum absolute atomic E-state index is 12.6. The van der Waals surface area contributed by atoms with Gasteiger partial charge in [-0.15, -0.1) is 12.4 Å². The van der Waals surface area contributed by atoms with Crippen molar-refractivity contribution < 1.29 is 13.2 Å². The van der Waals surface area contributed by atoms with Crippen LogP contribution in [-0.2, 0) is 21.1 Å². The van der Waals surface area contributed by atoms with Crippen molar-refractivity contribution in [2.24, 2.45) is 0 Å². The largest absolute Gasteiger partial charge is 0.341 e. The summed E-state index contributed by atoms with van der Waals surface area (Å²) >= 11 is 0. The van der Waals surface area contributed by atoms with Crippen molar-refractivity contribution >= 4 is 28.2 Å². The number of piperazine rings is 1. The number of likely N-dealkylation sites (tertiary alicyclic amines) is 1. The smallest absolute Gasteiger partial charge is 0.227 e. The van der Waals surface area contributed by atoms with Gasteiger partial charge < -0.3 is 10.2 Å². The van der Waals surface area contributed by atoms with Gasteiger partial charge in [-0.1, -0.05) is 19.1 Å². The summed E-state index contributed by atoms with van der Waals surface area (Å²) in [5.74, 6) is 0.218. The van der Waals surface area contributed by atoms with Gasteiger partial charge in [-0.25, -0.2) is 8.42 Å². The van der Waals surface area contributed by atoms with E-state index >= 15 is 0 Å². The molecule has 2 aliphatic rings. The highest BCUT2D eigenvalue weighted by molar-refractivity contribution is 7.91. The lowest BCUT2D eigenvalue weighted by Gasteiger charge is -2.32. The number of hydrogen-bond acceptors (Lipinski definition) is 5. The number of nitrogens with one attached hydrogen (secondary N) is 1. The lowest BCUT2D eigenvalue weighted by Crippen LogP contribution is -2.49. The highest BCUT2D eigenvalue weighted by Gasteiger charge is 2.30. The molecule has 1 unspecified atom stereocenters. The number of amides is 1. The van der Waals surface area contributed by atoms with Gasteiger partial charge in [-0.3, -0.25) is 9.69 Å². The second-order valence-corrected chi connectivity index (χ2v) is 9.07. The Morgan fingerprint density at radius 2 is 1.81 bits per heavy atom. The second kappa shape index (κ2) is 9.17. The molecule has 26 heavy (non-hydrogen) atoms. The first kappa shape index (κ1) is 21.2. The molecule has 2 heterocycles. The van der Waals surface area contributed by atoms with Gasteiger partial charge in [0, 0.05) is 45.3 Å². The predicted molar refractivity (Wildman–Crippen MR) is 105 cm³/mol. The third kappa shape index (κ3) is 4.97. The zero-order chi connectivity index (χ0) is 17.9. The van der Waals surface area contributed by atoms with Crippen LogP contribution in [0.3, 0.4) is 0 Å². The molecule has 0 bridgehead atoms. The van der Waals surface area contributed by atoms with Gasteiger partial charge in [0.05, 0.1) is 17.1 Å². The molecule has 2 fully saturated rings. The quantitative estimate of drug-likeness (QED) is 0.795. The fraction of sp³-hybridized carbons (Fsp3) is 0.611. The van der Waals surface area contributed by atoms with Crippen LogP contribution >= 0.6 is 12.4 Å². The average molecular weight is 402 g/mol. The van der Waals surface area contributed by atoms with Crippen molar-refractivity contribution in [2.75, 3.05) is 45.0 Å². The molecule has 2 saturated heterocycles. The number of benzene rings is 1. The summed E-state index contributed by atoms with van der Waals surface area (Å²) in [7, 11) is -3.18. The van der Waals surface area contributed by atoms with E-state index in [0.717, 1.165) is 51.3 Å². The Bertz CT molecular complexity index is 703. The third-order valence-corrected chi connectivity index (χ3v) is 6.95. The number of carbonyl (C=O) groups excluding carboxylic acids is 1. The summed E-state index contributed by atoms with van der Waals surface area (Å²) in [5, 5.41) is 3.36. The van der Waals surface area contributed by atoms with Gasteiger partial charge in [0.15, 0.2) is 9.84 Å². The van der Waals surface area contributed by atoms with Crippen molar-refractivity contribution in [3.8, 4) is 0 Å². The standard InChI is InChI=1S/C18H27N3O3S.ClH/c1-2-25(23,24)17-5-3-15(4-6-17)13-18(22)21-10-7-16(14-21)20-11-8-19-9-12-20;/h3-6,16,19H,2,7-14H2,1H3;1H. The zero-order valence-electron chi connectivity index (χ0n) is 15.2. The first-order valence-corrected chi connectivity index (χ1v) is 10.7. The van der Waals surface area contributed by atoms with Crippen molar-refractivity contribution in [1.82, 2.24) is 15.1 Å². The minimum absolute atomic E-state index is 0. The molecular formula is C18H28ClN3O3S. The Kier molecular flexibility index (Phi) is 7.46. The lowest BCUT2D eigenvalue weighted by molar-refractivity contribution is -0.129. The minimum atomic E-state index is -3.18. The Labute approximate surface area is 162 Å². The SMILES string of the molecule is CCS(=O)(=O)c1ccc(CC(=O)N2CCC(N3CCNCC3)C2)cc1.Cl.